The van der Waals surface area contributed by atoms with Gasteiger partial charge < -0.3 is 10.7 Å². The van der Waals surface area contributed by atoms with Crippen molar-refractivity contribution in [2.75, 3.05) is 5.73 Å². The molecular formula is C5H5ClN2O. The van der Waals surface area contributed by atoms with Crippen LogP contribution in [0.3, 0.4) is 0 Å². The Morgan fingerprint density at radius 2 is 2.33 bits per heavy atom. The third kappa shape index (κ3) is 1.23. The van der Waals surface area contributed by atoms with Crippen molar-refractivity contribution in [3.63, 3.8) is 0 Å². The molecule has 1 aromatic rings. The molecule has 0 amide bonds. The molecule has 0 bridgehead atoms. The molecule has 1 rings (SSSR count). The molecule has 3 N–H and O–H groups in total. The van der Waals surface area contributed by atoms with E-state index in [1.54, 1.807) is 0 Å². The summed E-state index contributed by atoms with van der Waals surface area (Å²) in [6.45, 7) is 0. The minimum atomic E-state index is -0.257. The standard InChI is InChI=1S/C5H5ClN2O/c6-3-2-8-5(7)1-4(3)9/h1-2H,(H3,7,8,9). The summed E-state index contributed by atoms with van der Waals surface area (Å²) in [5.74, 6) is 0.324. The van der Waals surface area contributed by atoms with E-state index in [4.69, 9.17) is 17.3 Å². The van der Waals surface area contributed by atoms with Crippen LogP contribution in [0.1, 0.15) is 0 Å². The maximum atomic E-state index is 10.6. The van der Waals surface area contributed by atoms with Gasteiger partial charge in [0.25, 0.3) is 0 Å². The van der Waals surface area contributed by atoms with Crippen LogP contribution in [0.15, 0.2) is 17.1 Å². The number of pyridine rings is 1. The molecule has 0 atom stereocenters. The molecule has 9 heavy (non-hydrogen) atoms. The number of aromatic amines is 1. The zero-order valence-corrected chi connectivity index (χ0v) is 5.27. The highest BCUT2D eigenvalue weighted by Gasteiger charge is 1.92. The predicted octanol–water partition coefficient (Wildman–Crippen LogP) is 0.611. The summed E-state index contributed by atoms with van der Waals surface area (Å²) < 4.78 is 0. The van der Waals surface area contributed by atoms with Crippen LogP contribution in [0.5, 0.6) is 0 Å². The lowest BCUT2D eigenvalue weighted by Crippen LogP contribution is -2.02. The molecule has 1 aromatic heterocycles. The van der Waals surface area contributed by atoms with E-state index in [-0.39, 0.29) is 10.5 Å². The molecule has 0 spiro atoms. The van der Waals surface area contributed by atoms with Crippen molar-refractivity contribution >= 4 is 17.4 Å². The summed E-state index contributed by atoms with van der Waals surface area (Å²) in [5, 5.41) is 0.157. The summed E-state index contributed by atoms with van der Waals surface area (Å²) in [4.78, 5) is 13.2. The van der Waals surface area contributed by atoms with Gasteiger partial charge >= 0.3 is 0 Å². The number of nitrogens with two attached hydrogens (primary N) is 1. The molecule has 0 fully saturated rings. The normalized spacial score (nSPS) is 9.44. The zero-order valence-electron chi connectivity index (χ0n) is 4.52. The van der Waals surface area contributed by atoms with Gasteiger partial charge in [0.05, 0.1) is 0 Å². The summed E-state index contributed by atoms with van der Waals surface area (Å²) in [6.07, 6.45) is 1.36. The van der Waals surface area contributed by atoms with E-state index >= 15 is 0 Å². The molecule has 1 heterocycles. The van der Waals surface area contributed by atoms with E-state index in [1.165, 1.54) is 12.3 Å². The SMILES string of the molecule is Nc1cc(=O)c(Cl)c[nH]1. The Labute approximate surface area is 56.5 Å². The molecule has 0 unspecified atom stereocenters. The second-order valence-corrected chi connectivity index (χ2v) is 2.01. The van der Waals surface area contributed by atoms with Gasteiger partial charge in [0.15, 0.2) is 0 Å². The van der Waals surface area contributed by atoms with Crippen LogP contribution in [0.2, 0.25) is 5.02 Å². The minimum Gasteiger partial charge on any atom is -0.385 e. The zero-order chi connectivity index (χ0) is 6.85. The summed E-state index contributed by atoms with van der Waals surface area (Å²) in [5.41, 5.74) is 4.96. The fourth-order valence-corrected chi connectivity index (χ4v) is 0.579. The van der Waals surface area contributed by atoms with Crippen LogP contribution in [0.25, 0.3) is 0 Å². The highest BCUT2D eigenvalue weighted by Crippen LogP contribution is 1.98. The number of halogens is 1. The average molecular weight is 145 g/mol. The van der Waals surface area contributed by atoms with Crippen molar-refractivity contribution in [1.29, 1.82) is 0 Å². The summed E-state index contributed by atoms with van der Waals surface area (Å²) in [7, 11) is 0. The number of anilines is 1. The average Bonchev–Trinajstić information content (AvgIpc) is 1.80. The van der Waals surface area contributed by atoms with Crippen molar-refractivity contribution in [3.05, 3.63) is 27.5 Å². The Balaban J connectivity index is 3.34. The van der Waals surface area contributed by atoms with Gasteiger partial charge in [-0.2, -0.15) is 0 Å². The summed E-state index contributed by atoms with van der Waals surface area (Å²) >= 11 is 5.38. The molecule has 0 aliphatic heterocycles. The van der Waals surface area contributed by atoms with E-state index in [0.29, 0.717) is 5.82 Å². The first kappa shape index (κ1) is 6.16. The number of hydrogen-bond acceptors (Lipinski definition) is 2. The Bertz CT molecular complexity index is 268. The number of hydrogen-bond donors (Lipinski definition) is 2. The van der Waals surface area contributed by atoms with E-state index in [9.17, 15) is 4.79 Å². The van der Waals surface area contributed by atoms with Crippen LogP contribution in [-0.4, -0.2) is 4.98 Å². The molecule has 0 aromatic carbocycles. The van der Waals surface area contributed by atoms with Crippen molar-refractivity contribution in [3.8, 4) is 0 Å². The molecule has 0 saturated heterocycles. The van der Waals surface area contributed by atoms with Gasteiger partial charge in [-0.25, -0.2) is 0 Å². The van der Waals surface area contributed by atoms with Crippen LogP contribution >= 0.6 is 11.6 Å². The maximum absolute atomic E-state index is 10.6. The largest absolute Gasteiger partial charge is 0.385 e. The van der Waals surface area contributed by atoms with Crippen LogP contribution in [0.4, 0.5) is 5.82 Å². The third-order valence-electron chi connectivity index (χ3n) is 0.888. The Morgan fingerprint density at radius 3 is 2.78 bits per heavy atom. The topological polar surface area (TPSA) is 58.9 Å². The van der Waals surface area contributed by atoms with Gasteiger partial charge in [-0.15, -0.1) is 0 Å². The van der Waals surface area contributed by atoms with E-state index in [1.807, 2.05) is 0 Å². The molecule has 0 saturated carbocycles. The highest BCUT2D eigenvalue weighted by molar-refractivity contribution is 6.30. The van der Waals surface area contributed by atoms with Crippen LogP contribution in [0, 0.1) is 0 Å². The molecule has 0 aliphatic carbocycles. The van der Waals surface area contributed by atoms with E-state index in [2.05, 4.69) is 4.98 Å². The number of aromatic nitrogens is 1. The lowest BCUT2D eigenvalue weighted by molar-refractivity contribution is 1.31. The van der Waals surface area contributed by atoms with Gasteiger partial charge in [-0.1, -0.05) is 11.6 Å². The third-order valence-corrected chi connectivity index (χ3v) is 1.18. The first-order chi connectivity index (χ1) is 4.20. The quantitative estimate of drug-likeness (QED) is 0.561. The molecule has 3 nitrogen and oxygen atoms in total. The van der Waals surface area contributed by atoms with Crippen LogP contribution < -0.4 is 11.2 Å². The van der Waals surface area contributed by atoms with Crippen molar-refractivity contribution in [2.24, 2.45) is 0 Å². The first-order valence-corrected chi connectivity index (χ1v) is 2.71. The predicted molar refractivity (Wildman–Crippen MR) is 36.5 cm³/mol. The number of H-pyrrole nitrogens is 1. The second kappa shape index (κ2) is 2.11. The minimum absolute atomic E-state index is 0.157. The molecule has 48 valence electrons. The van der Waals surface area contributed by atoms with Gasteiger partial charge in [0.1, 0.15) is 10.8 Å². The van der Waals surface area contributed by atoms with Gasteiger partial charge in [-0.05, 0) is 0 Å². The molecule has 4 heteroatoms. The molecule has 0 aliphatic rings. The first-order valence-electron chi connectivity index (χ1n) is 2.34. The van der Waals surface area contributed by atoms with E-state index < -0.39 is 0 Å². The second-order valence-electron chi connectivity index (χ2n) is 1.60. The summed E-state index contributed by atoms with van der Waals surface area (Å²) in [6, 6.07) is 1.24. The molecule has 0 radical (unpaired) electrons. The maximum Gasteiger partial charge on any atom is 0.202 e. The lowest BCUT2D eigenvalue weighted by atomic mass is 10.4. The Hall–Kier alpha value is -0.960. The number of rotatable bonds is 0. The van der Waals surface area contributed by atoms with Crippen molar-refractivity contribution in [1.82, 2.24) is 4.98 Å². The van der Waals surface area contributed by atoms with Crippen molar-refractivity contribution in [2.45, 2.75) is 0 Å². The Morgan fingerprint density at radius 1 is 1.67 bits per heavy atom. The lowest BCUT2D eigenvalue weighted by Gasteiger charge is -1.89. The Kier molecular flexibility index (Phi) is 1.44. The molecular weight excluding hydrogens is 140 g/mol. The van der Waals surface area contributed by atoms with Gasteiger partial charge in [0.2, 0.25) is 5.43 Å². The monoisotopic (exact) mass is 144 g/mol. The fourth-order valence-electron chi connectivity index (χ4n) is 0.470. The van der Waals surface area contributed by atoms with Crippen molar-refractivity contribution < 1.29 is 0 Å². The number of nitrogens with one attached hydrogen (secondary N) is 1. The smallest absolute Gasteiger partial charge is 0.202 e. The van der Waals surface area contributed by atoms with Crippen LogP contribution in [-0.2, 0) is 0 Å². The number of nitrogen functional groups attached to an aromatic ring is 1. The van der Waals surface area contributed by atoms with E-state index in [0.717, 1.165) is 0 Å². The fraction of sp³-hybridized carbons (Fsp3) is 0. The highest BCUT2D eigenvalue weighted by atomic mass is 35.5. The van der Waals surface area contributed by atoms with Gasteiger partial charge in [0, 0.05) is 12.3 Å². The van der Waals surface area contributed by atoms with Gasteiger partial charge in [-0.3, -0.25) is 4.79 Å².